The molecule has 1 aliphatic heterocycles. The van der Waals surface area contributed by atoms with Crippen LogP contribution >= 0.6 is 0 Å². The van der Waals surface area contributed by atoms with Crippen molar-refractivity contribution in [2.45, 2.75) is 12.8 Å². The third-order valence-electron chi connectivity index (χ3n) is 3.41. The quantitative estimate of drug-likeness (QED) is 0.788. The fourth-order valence-electron chi connectivity index (χ4n) is 2.47. The lowest BCUT2D eigenvalue weighted by atomic mass is 10.0. The third-order valence-corrected chi connectivity index (χ3v) is 3.41. The Bertz CT molecular complexity index is 632. The van der Waals surface area contributed by atoms with Crippen molar-refractivity contribution < 1.29 is 4.79 Å². The highest BCUT2D eigenvalue weighted by Crippen LogP contribution is 2.30. The summed E-state index contributed by atoms with van der Waals surface area (Å²) in [5, 5.41) is 4.18. The van der Waals surface area contributed by atoms with E-state index in [1.54, 1.807) is 28.9 Å². The van der Waals surface area contributed by atoms with Crippen molar-refractivity contribution in [1.29, 1.82) is 0 Å². The van der Waals surface area contributed by atoms with Gasteiger partial charge in [0.25, 0.3) is 5.91 Å². The van der Waals surface area contributed by atoms with Crippen LogP contribution in [0.25, 0.3) is 0 Å². The van der Waals surface area contributed by atoms with E-state index in [2.05, 4.69) is 5.10 Å². The number of fused-ring (bicyclic) bond motifs is 1. The number of nitrogens with zero attached hydrogens (tertiary/aromatic N) is 3. The van der Waals surface area contributed by atoms with Gasteiger partial charge in [0.15, 0.2) is 5.69 Å². The average Bonchev–Trinajstić information content (AvgIpc) is 2.84. The van der Waals surface area contributed by atoms with Crippen molar-refractivity contribution in [2.24, 2.45) is 7.05 Å². The number of carbonyl (C=O) groups excluding carboxylic acids is 1. The second kappa shape index (κ2) is 4.42. The van der Waals surface area contributed by atoms with Gasteiger partial charge in [-0.15, -0.1) is 0 Å². The van der Waals surface area contributed by atoms with E-state index in [9.17, 15) is 4.79 Å². The Morgan fingerprint density at radius 3 is 2.95 bits per heavy atom. The molecule has 0 bridgehead atoms. The number of hydrogen-bond donors (Lipinski definition) is 1. The second-order valence-electron chi connectivity index (χ2n) is 4.82. The number of aromatic nitrogens is 2. The Labute approximate surface area is 111 Å². The summed E-state index contributed by atoms with van der Waals surface area (Å²) in [4.78, 5) is 14.3. The molecule has 19 heavy (non-hydrogen) atoms. The first-order chi connectivity index (χ1) is 9.15. The molecule has 98 valence electrons. The molecule has 2 N–H and O–H groups in total. The van der Waals surface area contributed by atoms with Gasteiger partial charge >= 0.3 is 0 Å². The molecule has 0 saturated heterocycles. The van der Waals surface area contributed by atoms with Gasteiger partial charge in [0.05, 0.1) is 0 Å². The maximum absolute atomic E-state index is 12.5. The molecule has 0 fully saturated rings. The van der Waals surface area contributed by atoms with Crippen LogP contribution in [0.4, 0.5) is 11.4 Å². The molecule has 0 saturated carbocycles. The third kappa shape index (κ3) is 2.07. The summed E-state index contributed by atoms with van der Waals surface area (Å²) in [6.45, 7) is 0.714. The molecule has 0 spiro atoms. The van der Waals surface area contributed by atoms with Crippen molar-refractivity contribution in [3.63, 3.8) is 0 Å². The van der Waals surface area contributed by atoms with Crippen LogP contribution in [-0.2, 0) is 13.5 Å². The smallest absolute Gasteiger partial charge is 0.278 e. The number of carbonyl (C=O) groups is 1. The maximum Gasteiger partial charge on any atom is 0.278 e. The van der Waals surface area contributed by atoms with Crippen molar-refractivity contribution in [3.05, 3.63) is 41.7 Å². The van der Waals surface area contributed by atoms with E-state index in [4.69, 9.17) is 5.73 Å². The van der Waals surface area contributed by atoms with Gasteiger partial charge in [-0.2, -0.15) is 5.10 Å². The Hall–Kier alpha value is -2.30. The first-order valence-corrected chi connectivity index (χ1v) is 6.35. The number of amides is 1. The summed E-state index contributed by atoms with van der Waals surface area (Å²) in [7, 11) is 1.80. The molecule has 0 atom stereocenters. The van der Waals surface area contributed by atoms with Crippen LogP contribution in [0.5, 0.6) is 0 Å². The molecule has 2 heterocycles. The molecule has 0 unspecified atom stereocenters. The summed E-state index contributed by atoms with van der Waals surface area (Å²) in [5.41, 5.74) is 9.07. The number of aryl methyl sites for hydroxylation is 2. The molecular weight excluding hydrogens is 240 g/mol. The lowest BCUT2D eigenvalue weighted by Gasteiger charge is -2.29. The van der Waals surface area contributed by atoms with Crippen molar-refractivity contribution in [3.8, 4) is 0 Å². The summed E-state index contributed by atoms with van der Waals surface area (Å²) < 4.78 is 1.64. The Morgan fingerprint density at radius 2 is 2.21 bits per heavy atom. The van der Waals surface area contributed by atoms with Gasteiger partial charge in [0.2, 0.25) is 0 Å². The van der Waals surface area contributed by atoms with Crippen LogP contribution in [0.1, 0.15) is 22.5 Å². The predicted molar refractivity (Wildman–Crippen MR) is 74.1 cm³/mol. The lowest BCUT2D eigenvalue weighted by Crippen LogP contribution is -2.35. The maximum atomic E-state index is 12.5. The highest BCUT2D eigenvalue weighted by atomic mass is 16.2. The number of nitrogen functional groups attached to an aromatic ring is 1. The average molecular weight is 256 g/mol. The molecule has 2 aromatic rings. The zero-order chi connectivity index (χ0) is 13.4. The van der Waals surface area contributed by atoms with Crippen molar-refractivity contribution in [1.82, 2.24) is 9.78 Å². The fraction of sp³-hybridized carbons (Fsp3) is 0.286. The SMILES string of the molecule is Cn1ccc(C(=O)N2CCCc3ccc(N)cc32)n1. The molecular formula is C14H16N4O. The van der Waals surface area contributed by atoms with Gasteiger partial charge in [0, 0.05) is 31.2 Å². The minimum Gasteiger partial charge on any atom is -0.399 e. The standard InChI is InChI=1S/C14H16N4O/c1-17-8-6-12(16-17)14(19)18-7-2-3-10-4-5-11(15)9-13(10)18/h4-6,8-9H,2-3,7,15H2,1H3. The topological polar surface area (TPSA) is 64.2 Å². The summed E-state index contributed by atoms with van der Waals surface area (Å²) in [6, 6.07) is 7.49. The Kier molecular flexibility index (Phi) is 2.74. The number of rotatable bonds is 1. The Morgan fingerprint density at radius 1 is 1.37 bits per heavy atom. The molecule has 3 rings (SSSR count). The van der Waals surface area contributed by atoms with Crippen molar-refractivity contribution >= 4 is 17.3 Å². The second-order valence-corrected chi connectivity index (χ2v) is 4.82. The van der Waals surface area contributed by atoms with E-state index in [1.807, 2.05) is 18.2 Å². The van der Waals surface area contributed by atoms with Crippen LogP contribution in [0.15, 0.2) is 30.5 Å². The minimum atomic E-state index is -0.0628. The van der Waals surface area contributed by atoms with Crippen LogP contribution in [0.2, 0.25) is 0 Å². The van der Waals surface area contributed by atoms with Gasteiger partial charge in [-0.1, -0.05) is 6.07 Å². The molecule has 1 aliphatic rings. The van der Waals surface area contributed by atoms with Gasteiger partial charge in [-0.05, 0) is 36.6 Å². The molecule has 0 aliphatic carbocycles. The monoisotopic (exact) mass is 256 g/mol. The van der Waals surface area contributed by atoms with Crippen LogP contribution < -0.4 is 10.6 Å². The zero-order valence-corrected chi connectivity index (χ0v) is 10.8. The molecule has 0 radical (unpaired) electrons. The summed E-state index contributed by atoms with van der Waals surface area (Å²) in [5.74, 6) is -0.0628. The van der Waals surface area contributed by atoms with Crippen LogP contribution in [0, 0.1) is 0 Å². The van der Waals surface area contributed by atoms with Crippen LogP contribution in [0.3, 0.4) is 0 Å². The van der Waals surface area contributed by atoms with E-state index < -0.39 is 0 Å². The van der Waals surface area contributed by atoms with E-state index in [0.29, 0.717) is 17.9 Å². The number of hydrogen-bond acceptors (Lipinski definition) is 3. The number of nitrogens with two attached hydrogens (primary N) is 1. The molecule has 5 heteroatoms. The number of benzene rings is 1. The van der Waals surface area contributed by atoms with E-state index >= 15 is 0 Å². The lowest BCUT2D eigenvalue weighted by molar-refractivity contribution is 0.0979. The van der Waals surface area contributed by atoms with E-state index in [-0.39, 0.29) is 5.91 Å². The minimum absolute atomic E-state index is 0.0628. The van der Waals surface area contributed by atoms with Gasteiger partial charge in [-0.3, -0.25) is 9.48 Å². The first-order valence-electron chi connectivity index (χ1n) is 6.35. The van der Waals surface area contributed by atoms with Gasteiger partial charge in [0.1, 0.15) is 0 Å². The molecule has 1 aromatic carbocycles. The van der Waals surface area contributed by atoms with E-state index in [1.165, 1.54) is 5.56 Å². The highest BCUT2D eigenvalue weighted by Gasteiger charge is 2.25. The molecule has 1 amide bonds. The molecule has 5 nitrogen and oxygen atoms in total. The number of anilines is 2. The summed E-state index contributed by atoms with van der Waals surface area (Å²) in [6.07, 6.45) is 3.73. The predicted octanol–water partition coefficient (Wildman–Crippen LogP) is 1.60. The first kappa shape index (κ1) is 11.8. The zero-order valence-electron chi connectivity index (χ0n) is 10.8. The Balaban J connectivity index is 1.99. The normalized spacial score (nSPS) is 14.3. The summed E-state index contributed by atoms with van der Waals surface area (Å²) >= 11 is 0. The van der Waals surface area contributed by atoms with Crippen LogP contribution in [-0.4, -0.2) is 22.2 Å². The van der Waals surface area contributed by atoms with Crippen molar-refractivity contribution in [2.75, 3.05) is 17.2 Å². The fourth-order valence-corrected chi connectivity index (χ4v) is 2.47. The largest absolute Gasteiger partial charge is 0.399 e. The molecule has 1 aromatic heterocycles. The van der Waals surface area contributed by atoms with Gasteiger partial charge < -0.3 is 10.6 Å². The van der Waals surface area contributed by atoms with E-state index in [0.717, 1.165) is 18.5 Å². The van der Waals surface area contributed by atoms with Gasteiger partial charge in [-0.25, -0.2) is 0 Å². The highest BCUT2D eigenvalue weighted by molar-refractivity contribution is 6.05.